The lowest BCUT2D eigenvalue weighted by atomic mass is 10.1. The first-order valence-electron chi connectivity index (χ1n) is 11.2. The zero-order valence-electron chi connectivity index (χ0n) is 18.3. The smallest absolute Gasteiger partial charge is 0.224 e. The molecule has 4 nitrogen and oxygen atoms in total. The van der Waals surface area contributed by atoms with Gasteiger partial charge in [-0.25, -0.2) is 0 Å². The minimum Gasteiger partial charge on any atom is -0.310 e. The van der Waals surface area contributed by atoms with Crippen molar-refractivity contribution in [1.82, 2.24) is 9.80 Å². The number of thioether (sulfide) groups is 2. The molecule has 0 aromatic heterocycles. The van der Waals surface area contributed by atoms with Gasteiger partial charge in [-0.05, 0) is 20.5 Å². The zero-order valence-corrected chi connectivity index (χ0v) is 20.0. The van der Waals surface area contributed by atoms with Crippen LogP contribution < -0.4 is 0 Å². The van der Waals surface area contributed by atoms with E-state index in [4.69, 9.17) is 0 Å². The van der Waals surface area contributed by atoms with Crippen molar-refractivity contribution in [2.45, 2.75) is 94.2 Å². The van der Waals surface area contributed by atoms with Crippen LogP contribution in [0.25, 0.3) is 0 Å². The maximum absolute atomic E-state index is 11.7. The largest absolute Gasteiger partial charge is 0.310 e. The maximum Gasteiger partial charge on any atom is 0.224 e. The van der Waals surface area contributed by atoms with E-state index in [1.807, 2.05) is 0 Å². The summed E-state index contributed by atoms with van der Waals surface area (Å²) in [5.41, 5.74) is 0. The number of hydrogen-bond donors (Lipinski definition) is 0. The van der Waals surface area contributed by atoms with E-state index in [0.29, 0.717) is 12.6 Å². The molecule has 0 aliphatic carbocycles. The zero-order chi connectivity index (χ0) is 20.7. The molecule has 0 bridgehead atoms. The predicted octanol–water partition coefficient (Wildman–Crippen LogP) is 5.73. The van der Waals surface area contributed by atoms with E-state index in [0.717, 1.165) is 30.8 Å². The Labute approximate surface area is 182 Å². The van der Waals surface area contributed by atoms with Gasteiger partial charge in [0.15, 0.2) is 0 Å². The maximum atomic E-state index is 11.7. The van der Waals surface area contributed by atoms with E-state index >= 15 is 0 Å². The molecule has 0 radical (unpaired) electrons. The standard InChI is InChI=1S/C22H41N3OS2/c1-4-5-6-7-8-9-10-11-12-13-14-15-16-25(20-26)22(19-23)27-17-21(18-28-22)24(2)3/h20-21H,4-18H2,1-3H3. The Balaban J connectivity index is 2.14. The van der Waals surface area contributed by atoms with Crippen molar-refractivity contribution in [1.29, 1.82) is 5.26 Å². The highest BCUT2D eigenvalue weighted by molar-refractivity contribution is 8.19. The second-order valence-corrected chi connectivity index (χ2v) is 10.8. The Morgan fingerprint density at radius 3 is 1.79 bits per heavy atom. The molecule has 28 heavy (non-hydrogen) atoms. The average Bonchev–Trinajstić information content (AvgIpc) is 2.71. The lowest BCUT2D eigenvalue weighted by molar-refractivity contribution is -0.118. The molecule has 1 saturated heterocycles. The summed E-state index contributed by atoms with van der Waals surface area (Å²) < 4.78 is -0.730. The minimum absolute atomic E-state index is 0.469. The van der Waals surface area contributed by atoms with Gasteiger partial charge in [0.1, 0.15) is 6.07 Å². The van der Waals surface area contributed by atoms with E-state index in [1.54, 1.807) is 28.4 Å². The first-order valence-corrected chi connectivity index (χ1v) is 13.1. The van der Waals surface area contributed by atoms with Crippen LogP contribution in [0.4, 0.5) is 0 Å². The van der Waals surface area contributed by atoms with Crippen molar-refractivity contribution in [2.24, 2.45) is 0 Å². The molecular weight excluding hydrogens is 386 g/mol. The number of carbonyl (C=O) groups excluding carboxylic acids is 1. The third-order valence-electron chi connectivity index (χ3n) is 5.57. The molecule has 162 valence electrons. The monoisotopic (exact) mass is 427 g/mol. The number of unbranched alkanes of at least 4 members (excludes halogenated alkanes) is 11. The first-order chi connectivity index (χ1) is 13.6. The van der Waals surface area contributed by atoms with Crippen molar-refractivity contribution in [2.75, 3.05) is 32.1 Å². The molecule has 1 amide bonds. The van der Waals surface area contributed by atoms with Crippen molar-refractivity contribution in [3.63, 3.8) is 0 Å². The summed E-state index contributed by atoms with van der Waals surface area (Å²) in [6, 6.07) is 2.89. The summed E-state index contributed by atoms with van der Waals surface area (Å²) >= 11 is 3.24. The van der Waals surface area contributed by atoms with Gasteiger partial charge in [-0.15, -0.1) is 23.5 Å². The van der Waals surface area contributed by atoms with Gasteiger partial charge in [0.2, 0.25) is 10.6 Å². The van der Waals surface area contributed by atoms with Crippen LogP contribution in [-0.2, 0) is 4.79 Å². The van der Waals surface area contributed by atoms with Crippen LogP contribution in [-0.4, -0.2) is 58.6 Å². The molecule has 1 aliphatic rings. The van der Waals surface area contributed by atoms with E-state index < -0.39 is 4.20 Å². The van der Waals surface area contributed by atoms with E-state index in [1.165, 1.54) is 64.2 Å². The third-order valence-corrected chi connectivity index (χ3v) is 8.82. The van der Waals surface area contributed by atoms with Crippen molar-refractivity contribution in [3.05, 3.63) is 0 Å². The molecule has 0 N–H and O–H groups in total. The number of hydrogen-bond acceptors (Lipinski definition) is 5. The molecule has 1 heterocycles. The fourth-order valence-electron chi connectivity index (χ4n) is 3.49. The summed E-state index contributed by atoms with van der Waals surface area (Å²) in [7, 11) is 4.16. The van der Waals surface area contributed by atoms with Crippen LogP contribution in [0.3, 0.4) is 0 Å². The molecule has 0 unspecified atom stereocenters. The Morgan fingerprint density at radius 1 is 0.929 bits per heavy atom. The molecule has 0 atom stereocenters. The Morgan fingerprint density at radius 2 is 1.39 bits per heavy atom. The lowest BCUT2D eigenvalue weighted by Crippen LogP contribution is -2.48. The number of nitriles is 1. The van der Waals surface area contributed by atoms with Gasteiger partial charge in [0.25, 0.3) is 0 Å². The van der Waals surface area contributed by atoms with E-state index in [2.05, 4.69) is 32.0 Å². The number of nitrogens with zero attached hydrogens (tertiary/aromatic N) is 3. The first kappa shape index (κ1) is 25.7. The van der Waals surface area contributed by atoms with Gasteiger partial charge in [0, 0.05) is 24.1 Å². The van der Waals surface area contributed by atoms with Crippen LogP contribution in [0.2, 0.25) is 0 Å². The molecule has 1 fully saturated rings. The quantitative estimate of drug-likeness (QED) is 0.232. The fourth-order valence-corrected chi connectivity index (χ4v) is 6.78. The summed E-state index contributed by atoms with van der Waals surface area (Å²) in [5.74, 6) is 1.80. The summed E-state index contributed by atoms with van der Waals surface area (Å²) in [5, 5.41) is 9.75. The van der Waals surface area contributed by atoms with Crippen molar-refractivity contribution < 1.29 is 4.79 Å². The van der Waals surface area contributed by atoms with Crippen LogP contribution in [0.5, 0.6) is 0 Å². The number of amides is 1. The highest BCUT2D eigenvalue weighted by Crippen LogP contribution is 2.44. The van der Waals surface area contributed by atoms with Gasteiger partial charge in [-0.3, -0.25) is 4.79 Å². The molecule has 0 saturated carbocycles. The van der Waals surface area contributed by atoms with E-state index in [9.17, 15) is 10.1 Å². The van der Waals surface area contributed by atoms with Gasteiger partial charge in [-0.2, -0.15) is 5.26 Å². The summed E-state index contributed by atoms with van der Waals surface area (Å²) in [4.78, 5) is 15.6. The van der Waals surface area contributed by atoms with Crippen LogP contribution in [0.1, 0.15) is 84.0 Å². The summed E-state index contributed by atoms with van der Waals surface area (Å²) in [6.07, 6.45) is 16.6. The SMILES string of the molecule is CCCCCCCCCCCCCCN(C=O)C1(C#N)SCC(N(C)C)CS1. The van der Waals surface area contributed by atoms with Gasteiger partial charge >= 0.3 is 0 Å². The number of rotatable bonds is 16. The average molecular weight is 428 g/mol. The number of carbonyl (C=O) groups is 1. The van der Waals surface area contributed by atoms with Gasteiger partial charge < -0.3 is 9.80 Å². The Kier molecular flexibility index (Phi) is 14.2. The Bertz CT molecular complexity index is 446. The predicted molar refractivity (Wildman–Crippen MR) is 125 cm³/mol. The molecule has 1 aliphatic heterocycles. The van der Waals surface area contributed by atoms with Gasteiger partial charge in [0.05, 0.1) is 0 Å². The summed E-state index contributed by atoms with van der Waals surface area (Å²) in [6.45, 7) is 2.96. The second-order valence-electron chi connectivity index (χ2n) is 8.12. The molecule has 0 aromatic carbocycles. The molecule has 0 spiro atoms. The van der Waals surface area contributed by atoms with E-state index in [-0.39, 0.29) is 0 Å². The van der Waals surface area contributed by atoms with Crippen LogP contribution in [0, 0.1) is 11.3 Å². The molecular formula is C22H41N3OS2. The molecule has 0 aromatic rings. The van der Waals surface area contributed by atoms with Crippen molar-refractivity contribution >= 4 is 29.9 Å². The highest BCUT2D eigenvalue weighted by Gasteiger charge is 2.42. The Hall–Kier alpha value is -0.380. The highest BCUT2D eigenvalue weighted by atomic mass is 32.2. The fraction of sp³-hybridized carbons (Fsp3) is 0.909. The lowest BCUT2D eigenvalue weighted by Gasteiger charge is -2.41. The van der Waals surface area contributed by atoms with Gasteiger partial charge in [-0.1, -0.05) is 77.6 Å². The second kappa shape index (κ2) is 15.5. The molecule has 1 rings (SSSR count). The minimum atomic E-state index is -0.730. The normalized spacial score (nSPS) is 22.2. The third kappa shape index (κ3) is 9.41. The van der Waals surface area contributed by atoms with Crippen LogP contribution in [0.15, 0.2) is 0 Å². The molecule has 6 heteroatoms. The van der Waals surface area contributed by atoms with Crippen LogP contribution >= 0.6 is 23.5 Å². The van der Waals surface area contributed by atoms with Crippen molar-refractivity contribution in [3.8, 4) is 6.07 Å². The topological polar surface area (TPSA) is 47.3 Å².